The summed E-state index contributed by atoms with van der Waals surface area (Å²) in [5.41, 5.74) is 8.98. The summed E-state index contributed by atoms with van der Waals surface area (Å²) in [5, 5.41) is 3.07. The number of nitrogen functional groups attached to an aromatic ring is 1. The number of nitrogens with two attached hydrogens (primary N) is 1. The summed E-state index contributed by atoms with van der Waals surface area (Å²) in [7, 11) is 0. The fourth-order valence-electron chi connectivity index (χ4n) is 3.21. The Hall–Kier alpha value is -1.75. The molecule has 0 spiro atoms. The monoisotopic (exact) mass is 353 g/mol. The van der Waals surface area contributed by atoms with Crippen molar-refractivity contribution in [1.82, 2.24) is 10.2 Å². The van der Waals surface area contributed by atoms with Gasteiger partial charge in [-0.25, -0.2) is 0 Å². The lowest BCUT2D eigenvalue weighted by Gasteiger charge is -2.27. The number of hydrogen-bond acceptors (Lipinski definition) is 3. The SMILES string of the molecule is CCN(CC)C(=O)CCC(=O)NC1CCCc2cc(N)ccc21.Cl. The molecule has 0 aromatic heterocycles. The molecule has 1 aliphatic carbocycles. The first-order valence-electron chi connectivity index (χ1n) is 8.50. The van der Waals surface area contributed by atoms with Crippen LogP contribution in [0.1, 0.15) is 56.7 Å². The van der Waals surface area contributed by atoms with Crippen molar-refractivity contribution >= 4 is 29.9 Å². The summed E-state index contributed by atoms with van der Waals surface area (Å²) in [6.07, 6.45) is 3.50. The second-order valence-electron chi connectivity index (χ2n) is 6.04. The first-order valence-corrected chi connectivity index (χ1v) is 8.50. The van der Waals surface area contributed by atoms with E-state index in [-0.39, 0.29) is 43.1 Å². The van der Waals surface area contributed by atoms with E-state index in [4.69, 9.17) is 5.73 Å². The molecule has 0 heterocycles. The molecule has 1 aromatic rings. The molecule has 0 radical (unpaired) electrons. The van der Waals surface area contributed by atoms with Crippen molar-refractivity contribution in [1.29, 1.82) is 0 Å². The average Bonchev–Trinajstić information content (AvgIpc) is 2.54. The Bertz CT molecular complexity index is 573. The Balaban J connectivity index is 0.00000288. The van der Waals surface area contributed by atoms with Crippen molar-refractivity contribution in [2.45, 2.75) is 52.0 Å². The summed E-state index contributed by atoms with van der Waals surface area (Å²) in [5.74, 6) is -0.0119. The third kappa shape index (κ3) is 5.13. The van der Waals surface area contributed by atoms with Gasteiger partial charge in [-0.3, -0.25) is 9.59 Å². The van der Waals surface area contributed by atoms with E-state index in [0.717, 1.165) is 30.5 Å². The first-order chi connectivity index (χ1) is 11.0. The van der Waals surface area contributed by atoms with E-state index in [1.165, 1.54) is 5.56 Å². The molecule has 6 heteroatoms. The Morgan fingerprint density at radius 1 is 1.25 bits per heavy atom. The van der Waals surface area contributed by atoms with Crippen molar-refractivity contribution in [2.75, 3.05) is 18.8 Å². The lowest BCUT2D eigenvalue weighted by atomic mass is 9.87. The summed E-state index contributed by atoms with van der Waals surface area (Å²) in [4.78, 5) is 25.9. The predicted octanol–water partition coefficient (Wildman–Crippen LogP) is 2.83. The molecule has 0 saturated carbocycles. The van der Waals surface area contributed by atoms with Crippen LogP contribution in [0.15, 0.2) is 18.2 Å². The van der Waals surface area contributed by atoms with E-state index in [0.29, 0.717) is 13.1 Å². The largest absolute Gasteiger partial charge is 0.399 e. The van der Waals surface area contributed by atoms with Gasteiger partial charge in [-0.2, -0.15) is 0 Å². The van der Waals surface area contributed by atoms with Gasteiger partial charge in [0.25, 0.3) is 0 Å². The molecule has 0 saturated heterocycles. The summed E-state index contributed by atoms with van der Waals surface area (Å²) in [6.45, 7) is 5.28. The highest BCUT2D eigenvalue weighted by Crippen LogP contribution is 2.31. The zero-order valence-electron chi connectivity index (χ0n) is 14.5. The number of anilines is 1. The van der Waals surface area contributed by atoms with Crippen molar-refractivity contribution in [3.05, 3.63) is 29.3 Å². The molecule has 1 atom stereocenters. The van der Waals surface area contributed by atoms with Crippen molar-refractivity contribution in [3.8, 4) is 0 Å². The molecule has 1 aromatic carbocycles. The Kier molecular flexibility index (Phi) is 8.05. The van der Waals surface area contributed by atoms with E-state index in [1.807, 2.05) is 32.0 Å². The zero-order chi connectivity index (χ0) is 16.8. The van der Waals surface area contributed by atoms with Gasteiger partial charge in [0.1, 0.15) is 0 Å². The van der Waals surface area contributed by atoms with Crippen LogP contribution in [-0.2, 0) is 16.0 Å². The summed E-state index contributed by atoms with van der Waals surface area (Å²) < 4.78 is 0. The van der Waals surface area contributed by atoms with Crippen molar-refractivity contribution in [2.24, 2.45) is 0 Å². The topological polar surface area (TPSA) is 75.4 Å². The molecule has 0 fully saturated rings. The van der Waals surface area contributed by atoms with Crippen LogP contribution in [0.25, 0.3) is 0 Å². The molecule has 1 unspecified atom stereocenters. The fourth-order valence-corrected chi connectivity index (χ4v) is 3.21. The molecule has 3 N–H and O–H groups in total. The quantitative estimate of drug-likeness (QED) is 0.772. The number of carbonyl (C=O) groups excluding carboxylic acids is 2. The minimum atomic E-state index is -0.0554. The normalized spacial score (nSPS) is 15.8. The van der Waals surface area contributed by atoms with Crippen LogP contribution < -0.4 is 11.1 Å². The fraction of sp³-hybridized carbons (Fsp3) is 0.556. The maximum atomic E-state index is 12.2. The molecule has 1 aliphatic rings. The minimum Gasteiger partial charge on any atom is -0.399 e. The van der Waals surface area contributed by atoms with E-state index in [1.54, 1.807) is 4.90 Å². The number of rotatable bonds is 6. The van der Waals surface area contributed by atoms with Gasteiger partial charge < -0.3 is 16.0 Å². The van der Waals surface area contributed by atoms with Gasteiger partial charge in [0, 0.05) is 31.6 Å². The molecule has 24 heavy (non-hydrogen) atoms. The summed E-state index contributed by atoms with van der Waals surface area (Å²) >= 11 is 0. The third-order valence-electron chi connectivity index (χ3n) is 4.50. The number of fused-ring (bicyclic) bond motifs is 1. The number of benzene rings is 1. The highest BCUT2D eigenvalue weighted by atomic mass is 35.5. The molecule has 0 bridgehead atoms. The number of halogens is 1. The highest BCUT2D eigenvalue weighted by molar-refractivity contribution is 5.85. The zero-order valence-corrected chi connectivity index (χ0v) is 15.3. The van der Waals surface area contributed by atoms with Crippen LogP contribution in [0.5, 0.6) is 0 Å². The van der Waals surface area contributed by atoms with Crippen molar-refractivity contribution in [3.63, 3.8) is 0 Å². The molecule has 2 amide bonds. The van der Waals surface area contributed by atoms with E-state index in [9.17, 15) is 9.59 Å². The molecular formula is C18H28ClN3O2. The number of nitrogens with one attached hydrogen (secondary N) is 1. The standard InChI is InChI=1S/C18H27N3O2.ClH/c1-3-21(4-2)18(23)11-10-17(22)20-16-7-5-6-13-12-14(19)8-9-15(13)16;/h8-9,12,16H,3-7,10-11,19H2,1-2H3,(H,20,22);1H. The minimum absolute atomic E-state index is 0. The average molecular weight is 354 g/mol. The first kappa shape index (κ1) is 20.3. The lowest BCUT2D eigenvalue weighted by Crippen LogP contribution is -2.34. The molecule has 2 rings (SSSR count). The van der Waals surface area contributed by atoms with Crippen LogP contribution in [0.2, 0.25) is 0 Å². The summed E-state index contributed by atoms with van der Waals surface area (Å²) in [6, 6.07) is 5.93. The third-order valence-corrected chi connectivity index (χ3v) is 4.50. The van der Waals surface area contributed by atoms with Crippen LogP contribution in [-0.4, -0.2) is 29.8 Å². The Morgan fingerprint density at radius 3 is 2.62 bits per heavy atom. The van der Waals surface area contributed by atoms with Gasteiger partial charge in [-0.15, -0.1) is 12.4 Å². The van der Waals surface area contributed by atoms with Gasteiger partial charge in [0.05, 0.1) is 6.04 Å². The van der Waals surface area contributed by atoms with Gasteiger partial charge in [0.2, 0.25) is 11.8 Å². The van der Waals surface area contributed by atoms with Gasteiger partial charge in [-0.05, 0) is 56.4 Å². The van der Waals surface area contributed by atoms with Crippen LogP contribution in [0.4, 0.5) is 5.69 Å². The lowest BCUT2D eigenvalue weighted by molar-refractivity contribution is -0.133. The Labute approximate surface area is 150 Å². The number of aryl methyl sites for hydroxylation is 1. The van der Waals surface area contributed by atoms with Crippen LogP contribution >= 0.6 is 12.4 Å². The molecule has 134 valence electrons. The molecule has 0 aliphatic heterocycles. The van der Waals surface area contributed by atoms with Gasteiger partial charge in [-0.1, -0.05) is 6.07 Å². The molecular weight excluding hydrogens is 326 g/mol. The number of carbonyl (C=O) groups is 2. The van der Waals surface area contributed by atoms with Crippen molar-refractivity contribution < 1.29 is 9.59 Å². The van der Waals surface area contributed by atoms with E-state index in [2.05, 4.69) is 5.32 Å². The maximum Gasteiger partial charge on any atom is 0.223 e. The second-order valence-corrected chi connectivity index (χ2v) is 6.04. The number of nitrogens with zero attached hydrogens (tertiary/aromatic N) is 1. The smallest absolute Gasteiger partial charge is 0.223 e. The van der Waals surface area contributed by atoms with E-state index < -0.39 is 0 Å². The second kappa shape index (κ2) is 9.52. The molecule has 5 nitrogen and oxygen atoms in total. The predicted molar refractivity (Wildman–Crippen MR) is 99.1 cm³/mol. The maximum absolute atomic E-state index is 12.2. The van der Waals surface area contributed by atoms with Crippen LogP contribution in [0.3, 0.4) is 0 Å². The Morgan fingerprint density at radius 2 is 1.96 bits per heavy atom. The van der Waals surface area contributed by atoms with Gasteiger partial charge >= 0.3 is 0 Å². The number of amides is 2. The highest BCUT2D eigenvalue weighted by Gasteiger charge is 2.22. The van der Waals surface area contributed by atoms with E-state index >= 15 is 0 Å². The van der Waals surface area contributed by atoms with Gasteiger partial charge in [0.15, 0.2) is 0 Å². The van der Waals surface area contributed by atoms with Crippen LogP contribution in [0, 0.1) is 0 Å². The number of hydrogen-bond donors (Lipinski definition) is 2.